The Morgan fingerprint density at radius 3 is 2.87 bits per heavy atom. The van der Waals surface area contributed by atoms with Gasteiger partial charge in [-0.05, 0) is 17.7 Å². The first kappa shape index (κ1) is 11.3. The molecule has 4 heteroatoms. The third-order valence-electron chi connectivity index (χ3n) is 2.02. The van der Waals surface area contributed by atoms with Crippen LogP contribution < -0.4 is 11.1 Å². The van der Waals surface area contributed by atoms with E-state index in [1.54, 1.807) is 37.5 Å². The van der Waals surface area contributed by atoms with Gasteiger partial charge in [-0.15, -0.1) is 0 Å². The highest BCUT2D eigenvalue weighted by Gasteiger charge is 2.11. The summed E-state index contributed by atoms with van der Waals surface area (Å²) >= 11 is 0. The SMILES string of the molecule is CN/C=C(\C=N)C(O)c1cccc(N)c1. The summed E-state index contributed by atoms with van der Waals surface area (Å²) in [6, 6.07) is 6.99. The summed E-state index contributed by atoms with van der Waals surface area (Å²) in [6.07, 6.45) is 1.88. The van der Waals surface area contributed by atoms with E-state index in [0.29, 0.717) is 16.8 Å². The molecule has 5 N–H and O–H groups in total. The standard InChI is InChI=1S/C11H15N3O/c1-14-7-9(6-12)11(15)8-3-2-4-10(13)5-8/h2-7,11-12,14-15H,13H2,1H3/b9-7+,12-6?. The predicted octanol–water partition coefficient (Wildman–Crippen LogP) is 1.06. The van der Waals surface area contributed by atoms with Crippen LogP contribution in [-0.2, 0) is 0 Å². The maximum absolute atomic E-state index is 9.92. The molecule has 0 spiro atoms. The van der Waals surface area contributed by atoms with E-state index in [1.807, 2.05) is 0 Å². The van der Waals surface area contributed by atoms with Crippen LogP contribution in [0.15, 0.2) is 36.0 Å². The first-order valence-corrected chi connectivity index (χ1v) is 4.60. The van der Waals surface area contributed by atoms with E-state index in [1.165, 1.54) is 0 Å². The molecule has 80 valence electrons. The van der Waals surface area contributed by atoms with Gasteiger partial charge in [0.15, 0.2) is 0 Å². The fraction of sp³-hybridized carbons (Fsp3) is 0.182. The van der Waals surface area contributed by atoms with E-state index in [9.17, 15) is 5.11 Å². The second-order valence-corrected chi connectivity index (χ2v) is 3.15. The van der Waals surface area contributed by atoms with Crippen molar-refractivity contribution in [2.75, 3.05) is 12.8 Å². The van der Waals surface area contributed by atoms with E-state index in [4.69, 9.17) is 11.1 Å². The van der Waals surface area contributed by atoms with Crippen LogP contribution in [0.2, 0.25) is 0 Å². The van der Waals surface area contributed by atoms with Crippen molar-refractivity contribution >= 4 is 11.9 Å². The van der Waals surface area contributed by atoms with Crippen molar-refractivity contribution < 1.29 is 5.11 Å². The average Bonchev–Trinajstić information content (AvgIpc) is 2.25. The Bertz CT molecular complexity index is 374. The normalized spacial score (nSPS) is 13.3. The maximum Gasteiger partial charge on any atom is 0.107 e. The van der Waals surface area contributed by atoms with Gasteiger partial charge in [-0.25, -0.2) is 0 Å². The number of benzene rings is 1. The fourth-order valence-electron chi connectivity index (χ4n) is 1.29. The van der Waals surface area contributed by atoms with Crippen molar-refractivity contribution in [1.82, 2.24) is 5.32 Å². The number of aliphatic hydroxyl groups excluding tert-OH is 1. The van der Waals surface area contributed by atoms with Gasteiger partial charge in [-0.2, -0.15) is 0 Å². The van der Waals surface area contributed by atoms with Gasteiger partial charge in [0.25, 0.3) is 0 Å². The molecule has 1 atom stereocenters. The van der Waals surface area contributed by atoms with E-state index in [2.05, 4.69) is 5.32 Å². The molecule has 0 aliphatic rings. The maximum atomic E-state index is 9.92. The second kappa shape index (κ2) is 5.17. The van der Waals surface area contributed by atoms with Crippen LogP contribution in [0.1, 0.15) is 11.7 Å². The molecule has 1 aromatic carbocycles. The quantitative estimate of drug-likeness (QED) is 0.438. The molecular formula is C11H15N3O. The Labute approximate surface area is 88.9 Å². The molecule has 0 saturated carbocycles. The van der Waals surface area contributed by atoms with E-state index in [0.717, 1.165) is 6.21 Å². The molecule has 0 fully saturated rings. The van der Waals surface area contributed by atoms with Gasteiger partial charge in [0.2, 0.25) is 0 Å². The highest BCUT2D eigenvalue weighted by atomic mass is 16.3. The summed E-state index contributed by atoms with van der Waals surface area (Å²) in [5.41, 5.74) is 7.38. The molecule has 1 aromatic rings. The number of hydrogen-bond acceptors (Lipinski definition) is 4. The Hall–Kier alpha value is -1.81. The predicted molar refractivity (Wildman–Crippen MR) is 61.7 cm³/mol. The van der Waals surface area contributed by atoms with Crippen molar-refractivity contribution in [3.05, 3.63) is 41.6 Å². The van der Waals surface area contributed by atoms with Crippen LogP contribution >= 0.6 is 0 Å². The zero-order chi connectivity index (χ0) is 11.3. The highest BCUT2D eigenvalue weighted by Crippen LogP contribution is 2.21. The third-order valence-corrected chi connectivity index (χ3v) is 2.02. The Kier molecular flexibility index (Phi) is 3.88. The van der Waals surface area contributed by atoms with Crippen molar-refractivity contribution in [3.8, 4) is 0 Å². The summed E-state index contributed by atoms with van der Waals surface area (Å²) in [5, 5.41) is 19.9. The molecule has 0 aliphatic heterocycles. The molecule has 1 unspecified atom stereocenters. The van der Waals surface area contributed by atoms with Crippen molar-refractivity contribution in [2.45, 2.75) is 6.10 Å². The molecule has 4 nitrogen and oxygen atoms in total. The number of nitrogen functional groups attached to an aromatic ring is 1. The molecule has 0 aromatic heterocycles. The molecule has 0 heterocycles. The monoisotopic (exact) mass is 205 g/mol. The van der Waals surface area contributed by atoms with E-state index >= 15 is 0 Å². The van der Waals surface area contributed by atoms with Crippen LogP contribution in [0.25, 0.3) is 0 Å². The number of nitrogens with one attached hydrogen (secondary N) is 2. The zero-order valence-corrected chi connectivity index (χ0v) is 8.57. The molecule has 1 rings (SSSR count). The molecule has 0 saturated heterocycles. The second-order valence-electron chi connectivity index (χ2n) is 3.15. The Morgan fingerprint density at radius 1 is 1.60 bits per heavy atom. The summed E-state index contributed by atoms with van der Waals surface area (Å²) in [5.74, 6) is 0. The minimum Gasteiger partial charge on any atom is -0.399 e. The van der Waals surface area contributed by atoms with Gasteiger partial charge in [-0.1, -0.05) is 12.1 Å². The number of anilines is 1. The van der Waals surface area contributed by atoms with Gasteiger partial charge < -0.3 is 21.6 Å². The minimum absolute atomic E-state index is 0.489. The lowest BCUT2D eigenvalue weighted by Crippen LogP contribution is -2.07. The van der Waals surface area contributed by atoms with E-state index in [-0.39, 0.29) is 0 Å². The van der Waals surface area contributed by atoms with Crippen LogP contribution in [0.4, 0.5) is 5.69 Å². The summed E-state index contributed by atoms with van der Waals surface area (Å²) in [4.78, 5) is 0. The van der Waals surface area contributed by atoms with Crippen LogP contribution in [0.5, 0.6) is 0 Å². The fourth-order valence-corrected chi connectivity index (χ4v) is 1.29. The largest absolute Gasteiger partial charge is 0.399 e. The zero-order valence-electron chi connectivity index (χ0n) is 8.57. The molecule has 0 aliphatic carbocycles. The smallest absolute Gasteiger partial charge is 0.107 e. The highest BCUT2D eigenvalue weighted by molar-refractivity contribution is 5.77. The molecule has 0 radical (unpaired) electrons. The van der Waals surface area contributed by atoms with Gasteiger partial charge in [0.05, 0.1) is 0 Å². The number of hydrogen-bond donors (Lipinski definition) is 4. The molecular weight excluding hydrogens is 190 g/mol. The number of rotatable bonds is 4. The molecule has 15 heavy (non-hydrogen) atoms. The number of nitrogens with two attached hydrogens (primary N) is 1. The summed E-state index contributed by atoms with van der Waals surface area (Å²) < 4.78 is 0. The lowest BCUT2D eigenvalue weighted by atomic mass is 10.0. The van der Waals surface area contributed by atoms with E-state index < -0.39 is 6.10 Å². The summed E-state index contributed by atoms with van der Waals surface area (Å²) in [7, 11) is 1.72. The molecule has 0 bridgehead atoms. The molecule has 0 amide bonds. The minimum atomic E-state index is -0.821. The average molecular weight is 205 g/mol. The van der Waals surface area contributed by atoms with Crippen molar-refractivity contribution in [2.24, 2.45) is 0 Å². The Morgan fingerprint density at radius 2 is 2.33 bits per heavy atom. The Balaban J connectivity index is 2.97. The third kappa shape index (κ3) is 2.82. The van der Waals surface area contributed by atoms with Gasteiger partial charge in [0.1, 0.15) is 6.10 Å². The van der Waals surface area contributed by atoms with Crippen LogP contribution in [-0.4, -0.2) is 18.4 Å². The van der Waals surface area contributed by atoms with Crippen LogP contribution in [0.3, 0.4) is 0 Å². The van der Waals surface area contributed by atoms with Gasteiger partial charge in [-0.3, -0.25) is 0 Å². The lowest BCUT2D eigenvalue weighted by molar-refractivity contribution is 0.222. The van der Waals surface area contributed by atoms with Crippen LogP contribution in [0, 0.1) is 5.41 Å². The van der Waals surface area contributed by atoms with Crippen molar-refractivity contribution in [3.63, 3.8) is 0 Å². The van der Waals surface area contributed by atoms with Gasteiger partial charge in [0, 0.05) is 30.7 Å². The van der Waals surface area contributed by atoms with Gasteiger partial charge >= 0.3 is 0 Å². The number of aliphatic hydroxyl groups is 1. The lowest BCUT2D eigenvalue weighted by Gasteiger charge is -2.12. The first-order valence-electron chi connectivity index (χ1n) is 4.60. The topological polar surface area (TPSA) is 82.1 Å². The summed E-state index contributed by atoms with van der Waals surface area (Å²) in [6.45, 7) is 0. The van der Waals surface area contributed by atoms with Crippen molar-refractivity contribution in [1.29, 1.82) is 5.41 Å². The first-order chi connectivity index (χ1) is 7.19.